The summed E-state index contributed by atoms with van der Waals surface area (Å²) in [6.07, 6.45) is 5.38. The first-order valence-corrected chi connectivity index (χ1v) is 11.4. The molecule has 1 aromatic carbocycles. The van der Waals surface area contributed by atoms with E-state index in [-0.39, 0.29) is 31.4 Å². The molecule has 1 amide bonds. The number of nitrogens with zero attached hydrogens (tertiary/aromatic N) is 1. The molecule has 0 unspecified atom stereocenters. The van der Waals surface area contributed by atoms with E-state index in [2.05, 4.69) is 0 Å². The van der Waals surface area contributed by atoms with Crippen LogP contribution in [0.2, 0.25) is 0 Å². The Morgan fingerprint density at radius 3 is 2.53 bits per heavy atom. The fourth-order valence-corrected chi connectivity index (χ4v) is 5.69. The van der Waals surface area contributed by atoms with Gasteiger partial charge in [0.05, 0.1) is 38.2 Å². The van der Waals surface area contributed by atoms with Gasteiger partial charge >= 0.3 is 11.9 Å². The van der Waals surface area contributed by atoms with Crippen molar-refractivity contribution < 1.29 is 29.0 Å². The molecule has 3 aliphatic rings. The number of methoxy groups -OCH3 is 1. The first-order chi connectivity index (χ1) is 15.4. The molecule has 4 rings (SSSR count). The smallest absolute Gasteiger partial charge is 0.320 e. The van der Waals surface area contributed by atoms with Gasteiger partial charge in [0.1, 0.15) is 5.41 Å². The summed E-state index contributed by atoms with van der Waals surface area (Å²) in [4.78, 5) is 40.0. The van der Waals surface area contributed by atoms with E-state index >= 15 is 0 Å². The highest BCUT2D eigenvalue weighted by Crippen LogP contribution is 2.52. The number of likely N-dealkylation sites (tertiary alicyclic amines) is 1. The van der Waals surface area contributed by atoms with E-state index < -0.39 is 29.4 Å². The largest absolute Gasteiger partial charge is 0.481 e. The number of hydrogen-bond acceptors (Lipinski definition) is 5. The number of fused-ring (bicyclic) bond motifs is 1. The maximum absolute atomic E-state index is 13.5. The number of hydrogen-bond donors (Lipinski definition) is 1. The van der Waals surface area contributed by atoms with Crippen LogP contribution in [0.3, 0.4) is 0 Å². The Kier molecular flexibility index (Phi) is 6.38. The summed E-state index contributed by atoms with van der Waals surface area (Å²) in [5.41, 5.74) is 0.302. The Bertz CT molecular complexity index is 906. The highest BCUT2D eigenvalue weighted by atomic mass is 16.5. The van der Waals surface area contributed by atoms with Gasteiger partial charge in [-0.3, -0.25) is 14.4 Å². The molecular weight excluding hydrogens is 410 g/mol. The van der Waals surface area contributed by atoms with Gasteiger partial charge in [0.2, 0.25) is 5.91 Å². The molecule has 1 aliphatic carbocycles. The minimum absolute atomic E-state index is 0.0699. The highest BCUT2D eigenvalue weighted by molar-refractivity contribution is 5.91. The number of piperidine rings is 1. The molecule has 0 aromatic heterocycles. The normalized spacial score (nSPS) is 30.6. The zero-order valence-electron chi connectivity index (χ0n) is 18.7. The lowest BCUT2D eigenvalue weighted by Crippen LogP contribution is -2.60. The molecule has 1 saturated heterocycles. The third-order valence-corrected chi connectivity index (χ3v) is 7.33. The molecule has 0 bridgehead atoms. The topological polar surface area (TPSA) is 93.1 Å². The number of carboxylic acids is 1. The number of aliphatic carboxylic acids is 1. The minimum atomic E-state index is -1.22. The highest BCUT2D eigenvalue weighted by Gasteiger charge is 2.60. The van der Waals surface area contributed by atoms with Crippen LogP contribution in [-0.2, 0) is 30.4 Å². The predicted molar refractivity (Wildman–Crippen MR) is 116 cm³/mol. The average Bonchev–Trinajstić information content (AvgIpc) is 3.32. The second-order valence-corrected chi connectivity index (χ2v) is 9.21. The van der Waals surface area contributed by atoms with E-state index in [0.717, 1.165) is 31.2 Å². The van der Waals surface area contributed by atoms with Gasteiger partial charge in [-0.15, -0.1) is 0 Å². The van der Waals surface area contributed by atoms with Gasteiger partial charge in [0, 0.05) is 5.70 Å². The van der Waals surface area contributed by atoms with E-state index in [1.54, 1.807) is 4.90 Å². The van der Waals surface area contributed by atoms with Gasteiger partial charge in [0.25, 0.3) is 0 Å². The fourth-order valence-electron chi connectivity index (χ4n) is 5.69. The molecule has 7 heteroatoms. The van der Waals surface area contributed by atoms with Crippen molar-refractivity contribution in [3.63, 3.8) is 0 Å². The SMILES string of the molecule is COC(=O)[C@@]12C[C@H](CC(=O)O)C(=O)N(Cc3ccccc3)C1=C[C@@H](C1CCCC1)O[C@H]2C. The summed E-state index contributed by atoms with van der Waals surface area (Å²) in [6.45, 7) is 2.12. The maximum atomic E-state index is 13.5. The summed E-state index contributed by atoms with van der Waals surface area (Å²) < 4.78 is 11.6. The third kappa shape index (κ3) is 3.94. The quantitative estimate of drug-likeness (QED) is 0.679. The van der Waals surface area contributed by atoms with Gasteiger partial charge < -0.3 is 19.5 Å². The summed E-state index contributed by atoms with van der Waals surface area (Å²) in [6, 6.07) is 9.54. The predicted octanol–water partition coefficient (Wildman–Crippen LogP) is 3.53. The van der Waals surface area contributed by atoms with Gasteiger partial charge in [-0.25, -0.2) is 0 Å². The molecule has 4 atom stereocenters. The molecule has 32 heavy (non-hydrogen) atoms. The van der Waals surface area contributed by atoms with Crippen LogP contribution >= 0.6 is 0 Å². The Morgan fingerprint density at radius 1 is 1.22 bits per heavy atom. The Hall–Kier alpha value is -2.67. The number of benzene rings is 1. The third-order valence-electron chi connectivity index (χ3n) is 7.33. The molecule has 172 valence electrons. The summed E-state index contributed by atoms with van der Waals surface area (Å²) >= 11 is 0. The van der Waals surface area contributed by atoms with E-state index in [0.29, 0.717) is 11.6 Å². The monoisotopic (exact) mass is 441 g/mol. The van der Waals surface area contributed by atoms with Crippen LogP contribution in [0.15, 0.2) is 42.1 Å². The first kappa shape index (κ1) is 22.5. The molecule has 2 heterocycles. The molecular formula is C25H31NO6. The van der Waals surface area contributed by atoms with Crippen molar-refractivity contribution in [2.45, 2.75) is 64.2 Å². The number of esters is 1. The first-order valence-electron chi connectivity index (χ1n) is 11.4. The number of carbonyl (C=O) groups is 3. The van der Waals surface area contributed by atoms with Crippen molar-refractivity contribution in [1.29, 1.82) is 0 Å². The van der Waals surface area contributed by atoms with Crippen LogP contribution in [0.5, 0.6) is 0 Å². The summed E-state index contributed by atoms with van der Waals surface area (Å²) in [7, 11) is 1.33. The van der Waals surface area contributed by atoms with Crippen molar-refractivity contribution in [1.82, 2.24) is 4.90 Å². The fraction of sp³-hybridized carbons (Fsp3) is 0.560. The zero-order chi connectivity index (χ0) is 22.9. The lowest BCUT2D eigenvalue weighted by molar-refractivity contribution is -0.178. The second kappa shape index (κ2) is 9.06. The van der Waals surface area contributed by atoms with Gasteiger partial charge in [-0.1, -0.05) is 43.2 Å². The number of carboxylic acid groups (broad SMARTS) is 1. The zero-order valence-corrected chi connectivity index (χ0v) is 18.7. The van der Waals surface area contributed by atoms with Crippen LogP contribution in [0.4, 0.5) is 0 Å². The van der Waals surface area contributed by atoms with E-state index in [9.17, 15) is 19.5 Å². The molecule has 0 radical (unpaired) electrons. The molecule has 7 nitrogen and oxygen atoms in total. The van der Waals surface area contributed by atoms with Crippen LogP contribution in [0, 0.1) is 17.3 Å². The number of rotatable bonds is 6. The molecule has 1 N–H and O–H groups in total. The molecule has 1 saturated carbocycles. The molecule has 0 spiro atoms. The van der Waals surface area contributed by atoms with E-state index in [1.807, 2.05) is 43.3 Å². The van der Waals surface area contributed by atoms with Crippen LogP contribution in [0.1, 0.15) is 51.0 Å². The van der Waals surface area contributed by atoms with Crippen LogP contribution < -0.4 is 0 Å². The Labute approximate surface area is 188 Å². The lowest BCUT2D eigenvalue weighted by Gasteiger charge is -2.52. The second-order valence-electron chi connectivity index (χ2n) is 9.21. The van der Waals surface area contributed by atoms with Crippen LogP contribution in [0.25, 0.3) is 0 Å². The Morgan fingerprint density at radius 2 is 1.91 bits per heavy atom. The Balaban J connectivity index is 1.82. The summed E-state index contributed by atoms with van der Waals surface area (Å²) in [5.74, 6) is -2.29. The molecule has 2 aliphatic heterocycles. The van der Waals surface area contributed by atoms with Crippen molar-refractivity contribution in [2.24, 2.45) is 17.3 Å². The molecule has 2 fully saturated rings. The van der Waals surface area contributed by atoms with Crippen molar-refractivity contribution in [3.05, 3.63) is 47.7 Å². The average molecular weight is 442 g/mol. The number of amides is 1. The van der Waals surface area contributed by atoms with Crippen molar-refractivity contribution in [2.75, 3.05) is 7.11 Å². The summed E-state index contributed by atoms with van der Waals surface area (Å²) in [5, 5.41) is 9.45. The maximum Gasteiger partial charge on any atom is 0.320 e. The number of carbonyl (C=O) groups excluding carboxylic acids is 2. The van der Waals surface area contributed by atoms with Crippen LogP contribution in [-0.4, -0.2) is 47.2 Å². The van der Waals surface area contributed by atoms with Crippen molar-refractivity contribution in [3.8, 4) is 0 Å². The van der Waals surface area contributed by atoms with Gasteiger partial charge in [-0.05, 0) is 43.7 Å². The van der Waals surface area contributed by atoms with Gasteiger partial charge in [0.15, 0.2) is 0 Å². The molecule has 1 aromatic rings. The lowest BCUT2D eigenvalue weighted by atomic mass is 9.66. The van der Waals surface area contributed by atoms with E-state index in [4.69, 9.17) is 9.47 Å². The minimum Gasteiger partial charge on any atom is -0.481 e. The van der Waals surface area contributed by atoms with Crippen molar-refractivity contribution >= 4 is 17.8 Å². The number of ether oxygens (including phenoxy) is 2. The van der Waals surface area contributed by atoms with Gasteiger partial charge in [-0.2, -0.15) is 0 Å². The van der Waals surface area contributed by atoms with E-state index in [1.165, 1.54) is 7.11 Å². The standard InChI is InChI=1S/C25H31NO6/c1-16-25(24(30)31-2)14-19(12-22(27)28)23(29)26(15-17-8-4-3-5-9-17)21(25)13-20(32-16)18-10-6-7-11-18/h3-5,8-9,13,16,18-20H,6-7,10-12,14-15H2,1-2H3,(H,27,28)/t16-,19-,20-,25+/m0/s1.